The van der Waals surface area contributed by atoms with E-state index in [9.17, 15) is 53.7 Å². The Kier molecular flexibility index (Phi) is 18.2. The monoisotopic (exact) mass is 1280 g/mol. The number of aromatic nitrogens is 3. The summed E-state index contributed by atoms with van der Waals surface area (Å²) >= 11 is 1.37. The number of rotatable bonds is 24. The molecule has 3 aromatic carbocycles. The summed E-state index contributed by atoms with van der Waals surface area (Å²) in [6.07, 6.45) is 4.08. The average molecular weight is 1280 g/mol. The molecule has 0 spiro atoms. The number of thiazole rings is 1. The number of aromatic carboxylic acids is 1. The number of nitrogens with zero attached hydrogens (tertiary/aromatic N) is 5. The molecule has 0 radical (unpaired) electrons. The summed E-state index contributed by atoms with van der Waals surface area (Å²) in [4.78, 5) is 122. The molecule has 5 heterocycles. The minimum atomic E-state index is -1.34. The third kappa shape index (κ3) is 14.2. The third-order valence-corrected chi connectivity index (χ3v) is 18.7. The minimum absolute atomic E-state index is 0.0527. The fourth-order valence-electron chi connectivity index (χ4n) is 14.8. The van der Waals surface area contributed by atoms with Gasteiger partial charge in [0, 0.05) is 99.5 Å². The molecule has 2 unspecified atom stereocenters. The van der Waals surface area contributed by atoms with Crippen LogP contribution in [0.25, 0.3) is 38.1 Å². The molecule has 6 aliphatic rings. The molecule has 4 aliphatic carbocycles. The summed E-state index contributed by atoms with van der Waals surface area (Å²) in [7, 11) is 1.60. The number of amides is 6. The minimum Gasteiger partial charge on any atom is -0.479 e. The number of allylic oxidation sites excluding steroid dienone is 1. The van der Waals surface area contributed by atoms with E-state index in [-0.39, 0.29) is 97.8 Å². The number of fused-ring (bicyclic) bond motifs is 2. The van der Waals surface area contributed by atoms with Crippen LogP contribution in [0.5, 0.6) is 5.75 Å². The molecule has 3 aromatic heterocycles. The molecule has 12 rings (SSSR count). The van der Waals surface area contributed by atoms with E-state index in [0.29, 0.717) is 56.6 Å². The zero-order valence-corrected chi connectivity index (χ0v) is 52.1. The number of hydrogen-bond acceptors (Lipinski definition) is 18. The number of likely N-dealkylation sites (N-methyl/N-ethyl adjacent to an activating group) is 1. The number of ether oxygens (including phenoxy) is 4. The van der Waals surface area contributed by atoms with Crippen LogP contribution in [0.3, 0.4) is 0 Å². The van der Waals surface area contributed by atoms with Crippen molar-refractivity contribution < 1.29 is 72.6 Å². The lowest BCUT2D eigenvalue weighted by molar-refractivity contribution is -0.242. The highest BCUT2D eigenvalue weighted by atomic mass is 32.1. The number of aliphatic hydroxyl groups excluding tert-OH is 1. The van der Waals surface area contributed by atoms with E-state index in [4.69, 9.17) is 29.7 Å². The van der Waals surface area contributed by atoms with Gasteiger partial charge in [-0.2, -0.15) is 0 Å². The van der Waals surface area contributed by atoms with Crippen LogP contribution in [-0.2, 0) is 44.8 Å². The second-order valence-electron chi connectivity index (χ2n) is 25.5. The molecule has 5 fully saturated rings. The number of H-pyrrole nitrogens is 1. The van der Waals surface area contributed by atoms with Crippen LogP contribution >= 0.6 is 11.3 Å². The quantitative estimate of drug-likeness (QED) is 0.0210. The van der Waals surface area contributed by atoms with Gasteiger partial charge in [-0.25, -0.2) is 24.4 Å². The van der Waals surface area contributed by atoms with E-state index in [1.165, 1.54) is 34.6 Å². The van der Waals surface area contributed by atoms with Crippen molar-refractivity contribution in [2.45, 2.75) is 116 Å². The van der Waals surface area contributed by atoms with Gasteiger partial charge >= 0.3 is 18.0 Å². The molecule has 5 atom stereocenters. The maximum absolute atomic E-state index is 13.6. The Morgan fingerprint density at radius 3 is 2.37 bits per heavy atom. The summed E-state index contributed by atoms with van der Waals surface area (Å²) in [5.74, 6) is -4.91. The standard InChI is InChI=1S/C66H72N10O15S/c1-37(43(28-67)41-13-14-44(71-57(41)60(85)86)46-25-39-8-7-9-42(56(39)72-46)58(82)74-61-73-45-10-5-6-11-50(45)92-61)69-36-65-31-63(2)30-64(3,32-65)34-66(33-63,35-65)89-23-22-75(4)62(87)88-29-38-12-15-48(90-55-27-40(77)26-49(91-55)59(83)84)47(24-38)70-52(79)18-20-68-51(78)19-21-76-53(80)16-17-54(76)81/h5-17,24-25,28,40,49,55,72,77H,18-23,26-27,29-36,67H2,1-4H3,(H,68,78)(H,70,79)(H,83,84)(H,85,86)(H,73,74,82)/t40-,49-,55+,63?,64?,65?,66?/m0/s1. The number of aliphatic imine (C=N–C) groups is 1. The molecule has 482 valence electrons. The fraction of sp³-hybridized carbons (Fsp3) is 0.409. The van der Waals surface area contributed by atoms with Gasteiger partial charge in [0.05, 0.1) is 56.7 Å². The van der Waals surface area contributed by atoms with Gasteiger partial charge in [-0.05, 0) is 116 Å². The van der Waals surface area contributed by atoms with Crippen LogP contribution in [0.1, 0.15) is 117 Å². The average Bonchev–Trinajstić information content (AvgIpc) is 0.853. The zero-order chi connectivity index (χ0) is 65.3. The van der Waals surface area contributed by atoms with Gasteiger partial charge in [0.25, 0.3) is 17.7 Å². The Morgan fingerprint density at radius 1 is 0.880 bits per heavy atom. The number of aliphatic carboxylic acids is 1. The van der Waals surface area contributed by atoms with E-state index in [1.54, 1.807) is 37.4 Å². The smallest absolute Gasteiger partial charge is 0.409 e. The highest BCUT2D eigenvalue weighted by Crippen LogP contribution is 2.71. The topological polar surface area (TPSA) is 357 Å². The summed E-state index contributed by atoms with van der Waals surface area (Å²) in [6, 6.07) is 22.8. The number of carbonyl (C=O) groups excluding carboxylic acids is 6. The fourth-order valence-corrected chi connectivity index (χ4v) is 15.7. The maximum Gasteiger partial charge on any atom is 0.409 e. The summed E-state index contributed by atoms with van der Waals surface area (Å²) in [6.45, 7) is 6.86. The first-order valence-electron chi connectivity index (χ1n) is 30.3. The van der Waals surface area contributed by atoms with Crippen LogP contribution in [0.2, 0.25) is 0 Å². The van der Waals surface area contributed by atoms with Crippen molar-refractivity contribution in [3.8, 4) is 17.1 Å². The number of nitrogens with one attached hydrogen (secondary N) is 4. The molecule has 92 heavy (non-hydrogen) atoms. The molecule has 4 saturated carbocycles. The SMILES string of the molecule is CC(=NCC12CC3(C)CC(C)(C1)CC(OCCN(C)C(=O)OCc1ccc(O[C@H]4C[C@@H](O)C[C@@H](C(=O)O)O4)c(NC(=O)CCNC(=O)CCN4C(=O)C=CC4=O)c1)(C3)C2)C(=CN)c1ccc(-c2cc3cccc(C(=O)Nc4nc5ccccc5s4)c3[nH]2)nc1C(=O)O. The number of hydrogen-bond donors (Lipinski definition) is 8. The second-order valence-corrected chi connectivity index (χ2v) is 26.5. The molecule has 6 amide bonds. The number of anilines is 2. The lowest BCUT2D eigenvalue weighted by atomic mass is 9.39. The number of aromatic amines is 1. The van der Waals surface area contributed by atoms with Crippen LogP contribution in [0.4, 0.5) is 15.6 Å². The van der Waals surface area contributed by atoms with Gasteiger partial charge in [0.1, 0.15) is 12.4 Å². The summed E-state index contributed by atoms with van der Waals surface area (Å²) < 4.78 is 25.2. The Balaban J connectivity index is 0.712. The first kappa shape index (κ1) is 64.2. The van der Waals surface area contributed by atoms with Crippen LogP contribution in [0.15, 0.2) is 102 Å². The van der Waals surface area contributed by atoms with E-state index >= 15 is 0 Å². The maximum atomic E-state index is 13.6. The Labute approximate surface area is 532 Å². The van der Waals surface area contributed by atoms with Crippen molar-refractivity contribution in [3.63, 3.8) is 0 Å². The van der Waals surface area contributed by atoms with E-state index in [2.05, 4.69) is 44.7 Å². The van der Waals surface area contributed by atoms with Crippen molar-refractivity contribution in [3.05, 3.63) is 120 Å². The number of benzene rings is 3. The van der Waals surface area contributed by atoms with Crippen molar-refractivity contribution in [2.24, 2.45) is 27.0 Å². The van der Waals surface area contributed by atoms with Gasteiger partial charge in [0.15, 0.2) is 16.9 Å². The van der Waals surface area contributed by atoms with Crippen molar-refractivity contribution in [2.75, 3.05) is 50.5 Å². The Morgan fingerprint density at radius 2 is 1.64 bits per heavy atom. The van der Waals surface area contributed by atoms with Crippen molar-refractivity contribution in [1.29, 1.82) is 0 Å². The molecule has 9 N–H and O–H groups in total. The number of carboxylic acids is 2. The molecule has 4 bridgehead atoms. The van der Waals surface area contributed by atoms with Gasteiger partial charge in [-0.3, -0.25) is 39.2 Å². The van der Waals surface area contributed by atoms with Crippen LogP contribution in [-0.4, -0.2) is 157 Å². The molecule has 2 aliphatic heterocycles. The lowest BCUT2D eigenvalue weighted by Crippen LogP contribution is -2.64. The first-order valence-corrected chi connectivity index (χ1v) is 31.2. The van der Waals surface area contributed by atoms with Crippen LogP contribution in [0, 0.1) is 16.2 Å². The number of carboxylic acid groups (broad SMARTS) is 2. The zero-order valence-electron chi connectivity index (χ0n) is 51.2. The number of aliphatic hydroxyl groups is 1. The highest BCUT2D eigenvalue weighted by Gasteiger charge is 2.66. The number of imide groups is 1. The third-order valence-electron chi connectivity index (χ3n) is 17.7. The summed E-state index contributed by atoms with van der Waals surface area (Å²) in [5, 5.41) is 40.1. The summed E-state index contributed by atoms with van der Waals surface area (Å²) in [5.41, 5.74) is 9.66. The van der Waals surface area contributed by atoms with E-state index in [1.807, 2.05) is 43.3 Å². The van der Waals surface area contributed by atoms with Crippen LogP contribution < -0.4 is 26.4 Å². The molecule has 26 heteroatoms. The highest BCUT2D eigenvalue weighted by molar-refractivity contribution is 7.22. The normalized spacial score (nSPS) is 24.3. The predicted octanol–water partition coefficient (Wildman–Crippen LogP) is 8.04. The second kappa shape index (κ2) is 26.1. The van der Waals surface area contributed by atoms with Gasteiger partial charge in [0.2, 0.25) is 18.1 Å². The van der Waals surface area contributed by atoms with Gasteiger partial charge in [-0.15, -0.1) is 0 Å². The Bertz CT molecular complexity index is 3970. The molecular formula is C66H72N10O15S. The molecule has 25 nitrogen and oxygen atoms in total. The molecule has 6 aromatic rings. The van der Waals surface area contributed by atoms with E-state index < -0.39 is 65.8 Å². The first-order chi connectivity index (χ1) is 43.9. The number of pyridine rings is 1. The van der Waals surface area contributed by atoms with Gasteiger partial charge < -0.3 is 60.5 Å². The number of carbonyl (C=O) groups is 8. The molecular weight excluding hydrogens is 1200 g/mol. The van der Waals surface area contributed by atoms with Crippen molar-refractivity contribution >= 4 is 102 Å². The lowest BCUT2D eigenvalue weighted by Gasteiger charge is -2.69. The number of nitrogens with two attached hydrogens (primary N) is 1. The predicted molar refractivity (Wildman–Crippen MR) is 339 cm³/mol. The van der Waals surface area contributed by atoms with E-state index in [0.717, 1.165) is 71.2 Å². The van der Waals surface area contributed by atoms with Gasteiger partial charge in [-0.1, -0.05) is 55.5 Å². The molecule has 1 saturated heterocycles. The largest absolute Gasteiger partial charge is 0.479 e. The Hall–Kier alpha value is -9.37. The van der Waals surface area contributed by atoms with Crippen molar-refractivity contribution in [1.82, 2.24) is 30.1 Å². The number of para-hydroxylation sites is 2.